The van der Waals surface area contributed by atoms with Crippen LogP contribution in [-0.2, 0) is 65.4 Å². The van der Waals surface area contributed by atoms with E-state index < -0.39 is 97.5 Å². The molecule has 3 N–H and O–H groups in total. The van der Waals surface area contributed by atoms with E-state index in [0.717, 1.165) is 96.3 Å². The summed E-state index contributed by atoms with van der Waals surface area (Å²) in [4.78, 5) is 72.8. The molecule has 0 amide bonds. The molecule has 2 unspecified atom stereocenters. The number of unbranched alkanes of at least 4 members (excludes halogenated alkanes) is 47. The highest BCUT2D eigenvalue weighted by atomic mass is 31.2. The SMILES string of the molecule is CCCCCCCCCCCCCCCCCCCCC(=O)O[C@H](COC(=O)CCCCCCCCCCCCCCC)COP(=O)(O)OC[C@@H](O)COP(=O)(O)OC[C@@H](COC(=O)CCCCCCCCCC(C)C)OC(=O)CCCCCCCCCCCCCCC. The molecule has 0 aliphatic carbocycles. The van der Waals surface area contributed by atoms with E-state index in [-0.39, 0.29) is 25.7 Å². The molecule has 5 atom stereocenters. The summed E-state index contributed by atoms with van der Waals surface area (Å²) in [5.41, 5.74) is 0. The Bertz CT molecular complexity index is 1810. The zero-order chi connectivity index (χ0) is 69.1. The molecule has 0 fully saturated rings. The Hall–Kier alpha value is -1.94. The fourth-order valence-electron chi connectivity index (χ4n) is 11.5. The van der Waals surface area contributed by atoms with Gasteiger partial charge in [0, 0.05) is 25.7 Å². The van der Waals surface area contributed by atoms with E-state index in [1.165, 1.54) is 212 Å². The van der Waals surface area contributed by atoms with E-state index in [1.54, 1.807) is 0 Å². The maximum atomic E-state index is 13.1. The van der Waals surface area contributed by atoms with Crippen molar-refractivity contribution in [2.45, 2.75) is 412 Å². The molecule has 0 heterocycles. The maximum Gasteiger partial charge on any atom is 0.472 e. The third-order valence-electron chi connectivity index (χ3n) is 17.5. The lowest BCUT2D eigenvalue weighted by Crippen LogP contribution is -2.30. The molecular formula is C75H146O17P2. The smallest absolute Gasteiger partial charge is 0.462 e. The molecule has 17 nitrogen and oxygen atoms in total. The Morgan fingerprint density at radius 1 is 0.287 bits per heavy atom. The van der Waals surface area contributed by atoms with Gasteiger partial charge in [0.05, 0.1) is 26.4 Å². The van der Waals surface area contributed by atoms with Crippen molar-refractivity contribution in [3.8, 4) is 0 Å². The van der Waals surface area contributed by atoms with Gasteiger partial charge in [-0.1, -0.05) is 343 Å². The Labute approximate surface area is 575 Å². The molecule has 0 rings (SSSR count). The van der Waals surface area contributed by atoms with Crippen LogP contribution in [-0.4, -0.2) is 96.7 Å². The number of phosphoric ester groups is 2. The van der Waals surface area contributed by atoms with Gasteiger partial charge < -0.3 is 33.8 Å². The Morgan fingerprint density at radius 3 is 0.723 bits per heavy atom. The number of carbonyl (C=O) groups excluding carboxylic acids is 4. The van der Waals surface area contributed by atoms with Crippen molar-refractivity contribution >= 4 is 39.5 Å². The molecule has 0 aliphatic heterocycles. The molecule has 0 aromatic carbocycles. The van der Waals surface area contributed by atoms with Crippen molar-refractivity contribution in [2.24, 2.45) is 5.92 Å². The summed E-state index contributed by atoms with van der Waals surface area (Å²) in [6, 6.07) is 0. The zero-order valence-electron chi connectivity index (χ0n) is 61.1. The molecule has 0 spiro atoms. The fraction of sp³-hybridized carbons (Fsp3) is 0.947. The van der Waals surface area contributed by atoms with Crippen LogP contribution in [0.25, 0.3) is 0 Å². The second-order valence-corrected chi connectivity index (χ2v) is 30.4. The number of hydrogen-bond acceptors (Lipinski definition) is 15. The first-order valence-corrected chi connectivity index (χ1v) is 42.1. The van der Waals surface area contributed by atoms with Crippen molar-refractivity contribution in [3.05, 3.63) is 0 Å². The van der Waals surface area contributed by atoms with Gasteiger partial charge in [-0.2, -0.15) is 0 Å². The van der Waals surface area contributed by atoms with Crippen molar-refractivity contribution in [2.75, 3.05) is 39.6 Å². The van der Waals surface area contributed by atoms with Gasteiger partial charge in [0.1, 0.15) is 19.3 Å². The fourth-order valence-corrected chi connectivity index (χ4v) is 13.1. The quantitative estimate of drug-likeness (QED) is 0.0222. The summed E-state index contributed by atoms with van der Waals surface area (Å²) in [5, 5.41) is 10.6. The molecule has 0 bridgehead atoms. The average Bonchev–Trinajstić information content (AvgIpc) is 1.74. The molecule has 0 aromatic heterocycles. The second-order valence-electron chi connectivity index (χ2n) is 27.5. The Kier molecular flexibility index (Phi) is 66.8. The number of aliphatic hydroxyl groups is 1. The normalized spacial score (nSPS) is 14.0. The first kappa shape index (κ1) is 92.1. The second kappa shape index (κ2) is 68.2. The monoisotopic (exact) mass is 1380 g/mol. The zero-order valence-corrected chi connectivity index (χ0v) is 62.9. The van der Waals surface area contributed by atoms with E-state index in [0.29, 0.717) is 31.6 Å². The summed E-state index contributed by atoms with van der Waals surface area (Å²) in [7, 11) is -9.91. The number of ether oxygens (including phenoxy) is 4. The number of aliphatic hydroxyl groups excluding tert-OH is 1. The first-order chi connectivity index (χ1) is 45.5. The van der Waals surface area contributed by atoms with E-state index >= 15 is 0 Å². The average molecular weight is 1380 g/mol. The van der Waals surface area contributed by atoms with Crippen LogP contribution in [0.3, 0.4) is 0 Å². The molecule has 0 aromatic rings. The summed E-state index contributed by atoms with van der Waals surface area (Å²) in [6.45, 7) is 7.24. The minimum absolute atomic E-state index is 0.107. The number of carbonyl (C=O) groups is 4. The number of hydrogen-bond donors (Lipinski definition) is 3. The van der Waals surface area contributed by atoms with Gasteiger partial charge in [0.2, 0.25) is 0 Å². The Balaban J connectivity index is 5.23. The molecule has 0 saturated carbocycles. The summed E-state index contributed by atoms with van der Waals surface area (Å²) in [5.74, 6) is -1.41. The van der Waals surface area contributed by atoms with Crippen LogP contribution in [0.4, 0.5) is 0 Å². The van der Waals surface area contributed by atoms with Crippen molar-refractivity contribution in [3.63, 3.8) is 0 Å². The van der Waals surface area contributed by atoms with Gasteiger partial charge in [-0.25, -0.2) is 9.13 Å². The highest BCUT2D eigenvalue weighted by molar-refractivity contribution is 7.47. The van der Waals surface area contributed by atoms with Gasteiger partial charge in [0.25, 0.3) is 0 Å². The van der Waals surface area contributed by atoms with Gasteiger partial charge in [-0.05, 0) is 31.6 Å². The van der Waals surface area contributed by atoms with Crippen LogP contribution in [0, 0.1) is 5.92 Å². The van der Waals surface area contributed by atoms with Gasteiger partial charge in [-0.3, -0.25) is 37.3 Å². The molecule has 19 heteroatoms. The lowest BCUT2D eigenvalue weighted by Gasteiger charge is -2.21. The summed E-state index contributed by atoms with van der Waals surface area (Å²) < 4.78 is 68.5. The van der Waals surface area contributed by atoms with E-state index in [1.807, 2.05) is 0 Å². The predicted octanol–water partition coefficient (Wildman–Crippen LogP) is 22.1. The molecule has 558 valence electrons. The third-order valence-corrected chi connectivity index (χ3v) is 19.4. The predicted molar refractivity (Wildman–Crippen MR) is 382 cm³/mol. The standard InChI is InChI=1S/C75H146O17P2/c1-6-9-12-15-18-21-24-27-28-29-30-31-34-37-40-45-51-56-61-75(80)91-70(64-85-72(77)58-53-48-43-38-35-32-25-22-19-16-13-10-7-2)66-89-93(81,82)87-62-69(76)63-88-94(83,84)90-67-71(65-86-73(78)59-54-49-46-41-42-47-52-57-68(4)5)92-74(79)60-55-50-44-39-36-33-26-23-20-17-14-11-8-3/h68-71,76H,6-67H2,1-5H3,(H,81,82)(H,83,84)/t69-,70-,71-/m1/s1. The molecule has 0 radical (unpaired) electrons. The summed E-state index contributed by atoms with van der Waals surface area (Å²) >= 11 is 0. The van der Waals surface area contributed by atoms with Crippen LogP contribution >= 0.6 is 15.6 Å². The highest BCUT2D eigenvalue weighted by Gasteiger charge is 2.30. The van der Waals surface area contributed by atoms with Gasteiger partial charge in [0.15, 0.2) is 12.2 Å². The van der Waals surface area contributed by atoms with Gasteiger partial charge >= 0.3 is 39.5 Å². The lowest BCUT2D eigenvalue weighted by atomic mass is 10.0. The lowest BCUT2D eigenvalue weighted by molar-refractivity contribution is -0.161. The summed E-state index contributed by atoms with van der Waals surface area (Å²) in [6.07, 6.45) is 56.8. The molecule has 0 saturated heterocycles. The topological polar surface area (TPSA) is 237 Å². The van der Waals surface area contributed by atoms with Crippen molar-refractivity contribution in [1.82, 2.24) is 0 Å². The maximum absolute atomic E-state index is 13.1. The molecule has 94 heavy (non-hydrogen) atoms. The number of phosphoric acid groups is 2. The number of esters is 4. The minimum Gasteiger partial charge on any atom is -0.462 e. The molecular weight excluding hydrogens is 1230 g/mol. The van der Waals surface area contributed by atoms with E-state index in [4.69, 9.17) is 37.0 Å². The van der Waals surface area contributed by atoms with Crippen LogP contribution in [0.15, 0.2) is 0 Å². The first-order valence-electron chi connectivity index (χ1n) is 39.1. The van der Waals surface area contributed by atoms with Crippen LogP contribution < -0.4 is 0 Å². The van der Waals surface area contributed by atoms with Crippen molar-refractivity contribution < 1.29 is 80.2 Å². The van der Waals surface area contributed by atoms with Crippen LogP contribution in [0.1, 0.15) is 394 Å². The third kappa shape index (κ3) is 68.6. The Morgan fingerprint density at radius 2 is 0.489 bits per heavy atom. The van der Waals surface area contributed by atoms with E-state index in [2.05, 4.69) is 34.6 Å². The van der Waals surface area contributed by atoms with Crippen LogP contribution in [0.5, 0.6) is 0 Å². The molecule has 0 aliphatic rings. The van der Waals surface area contributed by atoms with Gasteiger partial charge in [-0.15, -0.1) is 0 Å². The number of rotatable bonds is 75. The highest BCUT2D eigenvalue weighted by Crippen LogP contribution is 2.45. The van der Waals surface area contributed by atoms with Crippen molar-refractivity contribution in [1.29, 1.82) is 0 Å². The van der Waals surface area contributed by atoms with E-state index in [9.17, 15) is 43.2 Å². The van der Waals surface area contributed by atoms with Crippen LogP contribution in [0.2, 0.25) is 0 Å². The largest absolute Gasteiger partial charge is 0.472 e. The minimum atomic E-state index is -4.96.